The first-order chi connectivity index (χ1) is 16.6. The minimum Gasteiger partial charge on any atom is -0.463 e. The number of nitrogens with zero attached hydrogens (tertiary/aromatic N) is 7. The number of carbonyl (C=O) groups excluding carboxylic acids is 1. The molecule has 10 nitrogen and oxygen atoms in total. The molecule has 172 valence electrons. The Balaban J connectivity index is 1.24. The summed E-state index contributed by atoms with van der Waals surface area (Å²) in [4.78, 5) is 33.4. The zero-order valence-electron chi connectivity index (χ0n) is 18.6. The summed E-state index contributed by atoms with van der Waals surface area (Å²) in [6.07, 6.45) is 4.98. The van der Waals surface area contributed by atoms with Crippen LogP contribution in [0.15, 0.2) is 76.4 Å². The van der Waals surface area contributed by atoms with E-state index in [0.29, 0.717) is 37.6 Å². The van der Waals surface area contributed by atoms with Gasteiger partial charge in [-0.1, -0.05) is 0 Å². The van der Waals surface area contributed by atoms with Crippen molar-refractivity contribution in [3.8, 4) is 22.7 Å². The third-order valence-electron chi connectivity index (χ3n) is 5.86. The van der Waals surface area contributed by atoms with Crippen LogP contribution in [0.1, 0.15) is 13.0 Å². The zero-order valence-corrected chi connectivity index (χ0v) is 18.6. The highest BCUT2D eigenvalue weighted by molar-refractivity contribution is 5.80. The van der Waals surface area contributed by atoms with Crippen LogP contribution in [0.3, 0.4) is 0 Å². The summed E-state index contributed by atoms with van der Waals surface area (Å²) < 4.78 is 6.58. The second kappa shape index (κ2) is 9.26. The van der Waals surface area contributed by atoms with Gasteiger partial charge in [-0.2, -0.15) is 5.10 Å². The number of hydrogen-bond donors (Lipinski definition) is 0. The SMILES string of the molecule is CC(C(=O)N1CCN(c2ccc(-c3ccncc3)nn2)CC1)n1nc(-c2ccco2)ccc1=O. The van der Waals surface area contributed by atoms with Crippen LogP contribution >= 0.6 is 0 Å². The Bertz CT molecular complexity index is 1310. The number of rotatable bonds is 5. The number of furan rings is 1. The molecule has 34 heavy (non-hydrogen) atoms. The maximum Gasteiger partial charge on any atom is 0.267 e. The average Bonchev–Trinajstić information content (AvgIpc) is 3.44. The second-order valence-corrected chi connectivity index (χ2v) is 7.98. The van der Waals surface area contributed by atoms with E-state index in [-0.39, 0.29) is 11.5 Å². The zero-order chi connectivity index (χ0) is 23.5. The van der Waals surface area contributed by atoms with Gasteiger partial charge in [0.15, 0.2) is 11.6 Å². The van der Waals surface area contributed by atoms with E-state index in [1.165, 1.54) is 17.0 Å². The van der Waals surface area contributed by atoms with E-state index in [0.717, 1.165) is 17.1 Å². The van der Waals surface area contributed by atoms with Crippen LogP contribution in [0.5, 0.6) is 0 Å². The summed E-state index contributed by atoms with van der Waals surface area (Å²) in [5.74, 6) is 1.16. The molecule has 1 unspecified atom stereocenters. The van der Waals surface area contributed by atoms with Crippen molar-refractivity contribution >= 4 is 11.7 Å². The Morgan fingerprint density at radius 1 is 0.941 bits per heavy atom. The van der Waals surface area contributed by atoms with Crippen molar-refractivity contribution in [3.05, 3.63) is 77.5 Å². The lowest BCUT2D eigenvalue weighted by molar-refractivity contribution is -0.135. The van der Waals surface area contributed by atoms with Gasteiger partial charge < -0.3 is 14.2 Å². The van der Waals surface area contributed by atoms with Crippen LogP contribution < -0.4 is 10.5 Å². The van der Waals surface area contributed by atoms with Crippen LogP contribution in [0.4, 0.5) is 5.82 Å². The summed E-state index contributed by atoms with van der Waals surface area (Å²) in [7, 11) is 0. The summed E-state index contributed by atoms with van der Waals surface area (Å²) in [5, 5.41) is 13.1. The molecule has 1 aliphatic rings. The predicted octanol–water partition coefficient (Wildman–Crippen LogP) is 2.27. The van der Waals surface area contributed by atoms with Gasteiger partial charge in [0, 0.05) is 50.2 Å². The highest BCUT2D eigenvalue weighted by atomic mass is 16.3. The Morgan fingerprint density at radius 2 is 1.71 bits per heavy atom. The van der Waals surface area contributed by atoms with Gasteiger partial charge in [0.25, 0.3) is 5.56 Å². The lowest BCUT2D eigenvalue weighted by atomic mass is 10.2. The van der Waals surface area contributed by atoms with Gasteiger partial charge in [-0.3, -0.25) is 14.6 Å². The first-order valence-electron chi connectivity index (χ1n) is 11.0. The molecule has 1 aliphatic heterocycles. The molecular weight excluding hydrogens is 434 g/mol. The Labute approximate surface area is 195 Å². The van der Waals surface area contributed by atoms with Crippen molar-refractivity contribution in [1.29, 1.82) is 0 Å². The van der Waals surface area contributed by atoms with Gasteiger partial charge in [0.05, 0.1) is 12.0 Å². The van der Waals surface area contributed by atoms with Crippen LogP contribution in [0.2, 0.25) is 0 Å². The van der Waals surface area contributed by atoms with Crippen molar-refractivity contribution in [1.82, 2.24) is 29.9 Å². The number of aromatic nitrogens is 5. The molecule has 1 saturated heterocycles. The normalized spacial score (nSPS) is 14.7. The van der Waals surface area contributed by atoms with Gasteiger partial charge >= 0.3 is 0 Å². The van der Waals surface area contributed by atoms with Crippen LogP contribution in [-0.4, -0.2) is 61.9 Å². The maximum absolute atomic E-state index is 13.1. The molecule has 1 amide bonds. The third kappa shape index (κ3) is 4.29. The third-order valence-corrected chi connectivity index (χ3v) is 5.86. The lowest BCUT2D eigenvalue weighted by Crippen LogP contribution is -2.51. The molecule has 0 bridgehead atoms. The van der Waals surface area contributed by atoms with Gasteiger partial charge in [-0.25, -0.2) is 4.68 Å². The Morgan fingerprint density at radius 3 is 2.38 bits per heavy atom. The molecule has 1 fully saturated rings. The van der Waals surface area contributed by atoms with Crippen LogP contribution in [0, 0.1) is 0 Å². The predicted molar refractivity (Wildman–Crippen MR) is 125 cm³/mol. The van der Waals surface area contributed by atoms with E-state index in [1.807, 2.05) is 24.3 Å². The molecule has 0 aliphatic carbocycles. The largest absolute Gasteiger partial charge is 0.463 e. The smallest absolute Gasteiger partial charge is 0.267 e. The quantitative estimate of drug-likeness (QED) is 0.449. The van der Waals surface area contributed by atoms with Crippen molar-refractivity contribution in [2.24, 2.45) is 0 Å². The molecular formula is C24H23N7O3. The van der Waals surface area contributed by atoms with Crippen molar-refractivity contribution in [2.45, 2.75) is 13.0 Å². The van der Waals surface area contributed by atoms with E-state index in [4.69, 9.17) is 4.42 Å². The fraction of sp³-hybridized carbons (Fsp3) is 0.250. The molecule has 1 atom stereocenters. The van der Waals surface area contributed by atoms with E-state index in [1.54, 1.807) is 42.4 Å². The summed E-state index contributed by atoms with van der Waals surface area (Å²) in [5.41, 5.74) is 1.91. The number of pyridine rings is 1. The number of carbonyl (C=O) groups is 1. The fourth-order valence-corrected chi connectivity index (χ4v) is 3.95. The topological polar surface area (TPSA) is 110 Å². The van der Waals surface area contributed by atoms with Crippen molar-refractivity contribution in [2.75, 3.05) is 31.1 Å². The molecule has 5 rings (SSSR count). The van der Waals surface area contributed by atoms with Gasteiger partial charge in [-0.15, -0.1) is 10.2 Å². The number of hydrogen-bond acceptors (Lipinski definition) is 8. The van der Waals surface area contributed by atoms with E-state index in [9.17, 15) is 9.59 Å². The number of piperazine rings is 1. The molecule has 0 radical (unpaired) electrons. The average molecular weight is 457 g/mol. The highest BCUT2D eigenvalue weighted by Gasteiger charge is 2.28. The second-order valence-electron chi connectivity index (χ2n) is 7.98. The van der Waals surface area contributed by atoms with E-state index >= 15 is 0 Å². The Kier molecular flexibility index (Phi) is 5.86. The molecule has 10 heteroatoms. The summed E-state index contributed by atoms with van der Waals surface area (Å²) in [6, 6.07) is 13.4. The lowest BCUT2D eigenvalue weighted by Gasteiger charge is -2.36. The summed E-state index contributed by atoms with van der Waals surface area (Å²) >= 11 is 0. The monoisotopic (exact) mass is 457 g/mol. The molecule has 0 saturated carbocycles. The number of amides is 1. The van der Waals surface area contributed by atoms with E-state index < -0.39 is 6.04 Å². The Hall–Kier alpha value is -4.34. The first-order valence-corrected chi connectivity index (χ1v) is 11.0. The summed E-state index contributed by atoms with van der Waals surface area (Å²) in [6.45, 7) is 3.97. The standard InChI is InChI=1S/C24H23N7O3/c1-17(31-23(32)7-5-20(28-31)21-3-2-16-34-21)24(33)30-14-12-29(13-15-30)22-6-4-19(26-27-22)18-8-10-25-11-9-18/h2-11,16-17H,12-15H2,1H3. The van der Waals surface area contributed by atoms with Crippen LogP contribution in [-0.2, 0) is 4.79 Å². The van der Waals surface area contributed by atoms with Crippen molar-refractivity contribution < 1.29 is 9.21 Å². The molecule has 4 aromatic heterocycles. The molecule has 0 spiro atoms. The first kappa shape index (κ1) is 21.5. The van der Waals surface area contributed by atoms with Gasteiger partial charge in [0.2, 0.25) is 5.91 Å². The minimum atomic E-state index is -0.728. The van der Waals surface area contributed by atoms with Crippen molar-refractivity contribution in [3.63, 3.8) is 0 Å². The molecule has 0 N–H and O–H groups in total. The highest BCUT2D eigenvalue weighted by Crippen LogP contribution is 2.20. The maximum atomic E-state index is 13.1. The van der Waals surface area contributed by atoms with Gasteiger partial charge in [-0.05, 0) is 49.4 Å². The molecule has 0 aromatic carbocycles. The number of anilines is 1. The molecule has 4 aromatic rings. The van der Waals surface area contributed by atoms with Crippen LogP contribution in [0.25, 0.3) is 22.7 Å². The van der Waals surface area contributed by atoms with E-state index in [2.05, 4.69) is 25.2 Å². The van der Waals surface area contributed by atoms with Gasteiger partial charge in [0.1, 0.15) is 11.7 Å². The fourth-order valence-electron chi connectivity index (χ4n) is 3.95. The molecule has 5 heterocycles. The minimum absolute atomic E-state index is 0.148.